The maximum absolute atomic E-state index is 13.6. The Bertz CT molecular complexity index is 1450. The van der Waals surface area contributed by atoms with E-state index in [4.69, 9.17) is 25.8 Å². The zero-order valence-electron chi connectivity index (χ0n) is 22.9. The number of ether oxygens (including phenoxy) is 3. The van der Waals surface area contributed by atoms with Crippen molar-refractivity contribution in [3.05, 3.63) is 47.5 Å². The van der Waals surface area contributed by atoms with Crippen molar-refractivity contribution in [3.63, 3.8) is 0 Å². The van der Waals surface area contributed by atoms with E-state index in [1.165, 1.54) is 18.5 Å². The van der Waals surface area contributed by atoms with Crippen LogP contribution >= 0.6 is 11.6 Å². The molecule has 2 aliphatic rings. The highest BCUT2D eigenvalue weighted by Gasteiger charge is 2.27. The summed E-state index contributed by atoms with van der Waals surface area (Å²) >= 11 is 5.94. The molecule has 0 unspecified atom stereocenters. The van der Waals surface area contributed by atoms with Gasteiger partial charge < -0.3 is 19.5 Å². The molecule has 222 valence electrons. The van der Waals surface area contributed by atoms with Crippen LogP contribution in [-0.4, -0.2) is 81.1 Å². The van der Waals surface area contributed by atoms with Gasteiger partial charge in [-0.1, -0.05) is 11.6 Å². The van der Waals surface area contributed by atoms with Gasteiger partial charge in [-0.3, -0.25) is 4.90 Å². The molecule has 3 aromatic rings. The Morgan fingerprint density at radius 2 is 1.88 bits per heavy atom. The number of aromatic nitrogens is 2. The highest BCUT2D eigenvalue weighted by molar-refractivity contribution is 7.89. The largest absolute Gasteiger partial charge is 0.493 e. The lowest BCUT2D eigenvalue weighted by Crippen LogP contribution is -2.41. The number of methoxy groups -OCH3 is 1. The van der Waals surface area contributed by atoms with Gasteiger partial charge in [-0.05, 0) is 62.9 Å². The number of rotatable bonds is 11. The predicted octanol–water partition coefficient (Wildman–Crippen LogP) is 4.51. The molecule has 0 amide bonds. The average Bonchev–Trinajstić information content (AvgIpc) is 2.96. The van der Waals surface area contributed by atoms with Crippen molar-refractivity contribution in [2.75, 3.05) is 51.0 Å². The zero-order chi connectivity index (χ0) is 28.8. The van der Waals surface area contributed by atoms with E-state index in [9.17, 15) is 12.8 Å². The number of nitrogens with one attached hydrogen (secondary N) is 2. The van der Waals surface area contributed by atoms with Crippen LogP contribution in [0.2, 0.25) is 5.02 Å². The molecule has 2 fully saturated rings. The Morgan fingerprint density at radius 1 is 1.10 bits per heavy atom. The summed E-state index contributed by atoms with van der Waals surface area (Å²) in [6.45, 7) is 3.89. The SMILES string of the molecule is COc1cc2ncnc(Nc3ccc(F)c(Cl)c3)c2cc1O[C@H]1CC[C@H](NS(=O)(=O)CCCN2CCOCC2)CC1. The summed E-state index contributed by atoms with van der Waals surface area (Å²) in [6, 6.07) is 7.85. The van der Waals surface area contributed by atoms with E-state index < -0.39 is 15.8 Å². The molecule has 1 saturated carbocycles. The minimum absolute atomic E-state index is 0.00457. The summed E-state index contributed by atoms with van der Waals surface area (Å²) in [7, 11) is -1.78. The second kappa shape index (κ2) is 13.5. The average molecular weight is 608 g/mol. The van der Waals surface area contributed by atoms with Gasteiger partial charge in [-0.25, -0.2) is 27.5 Å². The molecule has 2 heterocycles. The first kappa shape index (κ1) is 29.7. The molecular weight excluding hydrogens is 573 g/mol. The summed E-state index contributed by atoms with van der Waals surface area (Å²) in [6.07, 6.45) is 4.71. The summed E-state index contributed by atoms with van der Waals surface area (Å²) in [5.41, 5.74) is 1.23. The van der Waals surface area contributed by atoms with E-state index >= 15 is 0 Å². The smallest absolute Gasteiger partial charge is 0.211 e. The first-order valence-electron chi connectivity index (χ1n) is 13.8. The van der Waals surface area contributed by atoms with Crippen LogP contribution in [0.15, 0.2) is 36.7 Å². The predicted molar refractivity (Wildman–Crippen MR) is 156 cm³/mol. The van der Waals surface area contributed by atoms with Crippen molar-refractivity contribution < 1.29 is 27.0 Å². The van der Waals surface area contributed by atoms with Gasteiger partial charge in [0.2, 0.25) is 10.0 Å². The number of fused-ring (bicyclic) bond motifs is 1. The first-order chi connectivity index (χ1) is 19.8. The van der Waals surface area contributed by atoms with Crippen LogP contribution in [-0.2, 0) is 14.8 Å². The lowest BCUT2D eigenvalue weighted by Gasteiger charge is -2.30. The minimum Gasteiger partial charge on any atom is -0.493 e. The van der Waals surface area contributed by atoms with Gasteiger partial charge in [-0.2, -0.15) is 0 Å². The van der Waals surface area contributed by atoms with Crippen molar-refractivity contribution in [1.82, 2.24) is 19.6 Å². The fourth-order valence-corrected chi connectivity index (χ4v) is 6.77. The minimum atomic E-state index is -3.35. The van der Waals surface area contributed by atoms with Crippen LogP contribution in [0, 0.1) is 5.82 Å². The third kappa shape index (κ3) is 7.95. The third-order valence-corrected chi connectivity index (χ3v) is 9.22. The highest BCUT2D eigenvalue weighted by atomic mass is 35.5. The van der Waals surface area contributed by atoms with Crippen molar-refractivity contribution in [1.29, 1.82) is 0 Å². The Labute approximate surface area is 244 Å². The standard InChI is InChI=1S/C28H35ClFN5O5S/c1-38-26-17-25-22(28(32-18-31-25)33-20-5-8-24(30)23(29)15-20)16-27(26)40-21-6-3-19(4-7-21)34-41(36,37)14-2-9-35-10-12-39-13-11-35/h5,8,15-19,21,34H,2-4,6-7,9-14H2,1H3,(H,31,32,33)/t19-,21-. The fraction of sp³-hybridized carbons (Fsp3) is 0.500. The first-order valence-corrected chi connectivity index (χ1v) is 15.8. The van der Waals surface area contributed by atoms with Gasteiger partial charge in [-0.15, -0.1) is 0 Å². The summed E-state index contributed by atoms with van der Waals surface area (Å²) in [4.78, 5) is 11.0. The molecule has 2 aromatic carbocycles. The summed E-state index contributed by atoms with van der Waals surface area (Å²) < 4.78 is 59.1. The van der Waals surface area contributed by atoms with E-state index in [2.05, 4.69) is 24.9 Å². The third-order valence-electron chi connectivity index (χ3n) is 7.41. The number of anilines is 2. The van der Waals surface area contributed by atoms with E-state index in [1.807, 2.05) is 6.07 Å². The van der Waals surface area contributed by atoms with Crippen molar-refractivity contribution in [2.24, 2.45) is 0 Å². The van der Waals surface area contributed by atoms with Crippen LogP contribution in [0.25, 0.3) is 10.9 Å². The second-order valence-corrected chi connectivity index (χ2v) is 12.6. The van der Waals surface area contributed by atoms with E-state index in [-0.39, 0.29) is 22.9 Å². The quantitative estimate of drug-likeness (QED) is 0.325. The Kier molecular flexibility index (Phi) is 9.76. The maximum atomic E-state index is 13.6. The summed E-state index contributed by atoms with van der Waals surface area (Å²) in [5.74, 6) is 1.21. The molecule has 13 heteroatoms. The molecule has 5 rings (SSSR count). The molecule has 0 atom stereocenters. The molecule has 0 spiro atoms. The number of nitrogens with zero attached hydrogens (tertiary/aromatic N) is 3. The van der Waals surface area contributed by atoms with E-state index in [1.54, 1.807) is 19.2 Å². The lowest BCUT2D eigenvalue weighted by molar-refractivity contribution is 0.0381. The molecule has 1 saturated heterocycles. The van der Waals surface area contributed by atoms with E-state index in [0.717, 1.165) is 19.6 Å². The van der Waals surface area contributed by atoms with Gasteiger partial charge in [0.25, 0.3) is 0 Å². The molecule has 1 aromatic heterocycles. The van der Waals surface area contributed by atoms with Crippen LogP contribution in [0.3, 0.4) is 0 Å². The van der Waals surface area contributed by atoms with Gasteiger partial charge in [0.15, 0.2) is 11.5 Å². The molecule has 1 aliphatic carbocycles. The lowest BCUT2D eigenvalue weighted by atomic mass is 9.93. The van der Waals surface area contributed by atoms with Gasteiger partial charge in [0, 0.05) is 36.3 Å². The van der Waals surface area contributed by atoms with Crippen LogP contribution in [0.5, 0.6) is 11.5 Å². The normalized spacial score (nSPS) is 20.2. The number of sulfonamides is 1. The van der Waals surface area contributed by atoms with Crippen molar-refractivity contribution >= 4 is 44.0 Å². The number of morpholine rings is 1. The molecular formula is C28H35ClFN5O5S. The molecule has 2 N–H and O–H groups in total. The highest BCUT2D eigenvalue weighted by Crippen LogP contribution is 2.37. The Morgan fingerprint density at radius 3 is 2.61 bits per heavy atom. The van der Waals surface area contributed by atoms with Crippen LogP contribution < -0.4 is 19.5 Å². The molecule has 10 nitrogen and oxygen atoms in total. The topological polar surface area (TPSA) is 115 Å². The summed E-state index contributed by atoms with van der Waals surface area (Å²) in [5, 5.41) is 3.87. The number of halogens is 2. The van der Waals surface area contributed by atoms with Crippen LogP contribution in [0.1, 0.15) is 32.1 Å². The molecule has 41 heavy (non-hydrogen) atoms. The molecule has 1 aliphatic heterocycles. The molecule has 0 bridgehead atoms. The van der Waals surface area contributed by atoms with Crippen molar-refractivity contribution in [2.45, 2.75) is 44.2 Å². The van der Waals surface area contributed by atoms with Gasteiger partial charge in [0.1, 0.15) is 18.0 Å². The fourth-order valence-electron chi connectivity index (χ4n) is 5.22. The number of benzene rings is 2. The maximum Gasteiger partial charge on any atom is 0.211 e. The van der Waals surface area contributed by atoms with Crippen molar-refractivity contribution in [3.8, 4) is 11.5 Å². The number of hydrogen-bond donors (Lipinski definition) is 2. The zero-order valence-corrected chi connectivity index (χ0v) is 24.5. The Balaban J connectivity index is 1.19. The number of hydrogen-bond acceptors (Lipinski definition) is 9. The monoisotopic (exact) mass is 607 g/mol. The van der Waals surface area contributed by atoms with E-state index in [0.29, 0.717) is 79.2 Å². The Hall–Kier alpha value is -2.77. The van der Waals surface area contributed by atoms with Gasteiger partial charge >= 0.3 is 0 Å². The van der Waals surface area contributed by atoms with Gasteiger partial charge in [0.05, 0.1) is 42.7 Å². The molecule has 0 radical (unpaired) electrons. The second-order valence-electron chi connectivity index (χ2n) is 10.3. The van der Waals surface area contributed by atoms with Crippen LogP contribution in [0.4, 0.5) is 15.9 Å².